The number of anilines is 1. The summed E-state index contributed by atoms with van der Waals surface area (Å²) in [5, 5.41) is 4.37. The molecule has 1 fully saturated rings. The third-order valence-corrected chi connectivity index (χ3v) is 7.32. The summed E-state index contributed by atoms with van der Waals surface area (Å²) < 4.78 is 6.29. The Kier molecular flexibility index (Phi) is 7.90. The van der Waals surface area contributed by atoms with E-state index in [-0.39, 0.29) is 22.8 Å². The Morgan fingerprint density at radius 1 is 1.11 bits per heavy atom. The predicted octanol–water partition coefficient (Wildman–Crippen LogP) is 5.86. The number of H-pyrrole nitrogens is 1. The van der Waals surface area contributed by atoms with Crippen LogP contribution in [0.25, 0.3) is 11.0 Å². The first kappa shape index (κ1) is 25.5. The van der Waals surface area contributed by atoms with Crippen molar-refractivity contribution in [2.75, 3.05) is 22.8 Å². The number of amides is 1. The van der Waals surface area contributed by atoms with Crippen molar-refractivity contribution in [3.63, 3.8) is 0 Å². The van der Waals surface area contributed by atoms with E-state index in [1.807, 2.05) is 35.2 Å². The second-order valence-corrected chi connectivity index (χ2v) is 10.0. The van der Waals surface area contributed by atoms with Gasteiger partial charge in [-0.05, 0) is 43.5 Å². The van der Waals surface area contributed by atoms with Gasteiger partial charge in [-0.15, -0.1) is 0 Å². The van der Waals surface area contributed by atoms with E-state index in [2.05, 4.69) is 42.9 Å². The number of nitrogens with one attached hydrogen (secondary N) is 2. The number of aromatic amines is 1. The second kappa shape index (κ2) is 11.5. The number of ketones is 1. The fourth-order valence-corrected chi connectivity index (χ4v) is 5.27. The molecule has 2 aromatic heterocycles. The van der Waals surface area contributed by atoms with E-state index in [1.54, 1.807) is 24.4 Å². The van der Waals surface area contributed by atoms with Crippen LogP contribution < -0.4 is 10.1 Å². The van der Waals surface area contributed by atoms with Gasteiger partial charge >= 0.3 is 0 Å². The van der Waals surface area contributed by atoms with Crippen LogP contribution in [-0.2, 0) is 4.79 Å². The first-order valence-electron chi connectivity index (χ1n) is 12.0. The lowest BCUT2D eigenvalue weighted by molar-refractivity contribution is -0.128. The monoisotopic (exact) mass is 629 g/mol. The molecule has 37 heavy (non-hydrogen) atoms. The number of likely N-dealkylation sites (tertiary alicyclic amines) is 1. The molecule has 190 valence electrons. The summed E-state index contributed by atoms with van der Waals surface area (Å²) >= 11 is 8.64. The van der Waals surface area contributed by atoms with Crippen molar-refractivity contribution in [3.05, 3.63) is 77.2 Å². The van der Waals surface area contributed by atoms with E-state index in [9.17, 15) is 9.59 Å². The van der Waals surface area contributed by atoms with Gasteiger partial charge in [-0.3, -0.25) is 9.59 Å². The average molecular weight is 630 g/mol. The zero-order valence-corrected chi connectivity index (χ0v) is 22.8. The molecule has 0 radical (unpaired) electrons. The fraction of sp³-hybridized carbons (Fsp3) is 0.259. The molecule has 2 aromatic carbocycles. The number of benzene rings is 2. The topological polar surface area (TPSA) is 100 Å². The van der Waals surface area contributed by atoms with Crippen molar-refractivity contribution in [2.45, 2.75) is 25.3 Å². The number of halogens is 2. The number of alkyl halides is 1. The highest BCUT2D eigenvalue weighted by Gasteiger charge is 2.25. The van der Waals surface area contributed by atoms with Crippen LogP contribution >= 0.6 is 34.2 Å². The number of carbonyl (C=O) groups is 2. The maximum absolute atomic E-state index is 13.6. The minimum Gasteiger partial charge on any atom is -0.457 e. The van der Waals surface area contributed by atoms with Crippen LogP contribution in [0.1, 0.15) is 35.2 Å². The van der Waals surface area contributed by atoms with Crippen LogP contribution in [0, 0.1) is 0 Å². The third kappa shape index (κ3) is 5.72. The van der Waals surface area contributed by atoms with Crippen LogP contribution in [0.4, 0.5) is 5.82 Å². The maximum Gasteiger partial charge on any atom is 0.232 e. The van der Waals surface area contributed by atoms with Gasteiger partial charge in [0.2, 0.25) is 5.91 Å². The zero-order valence-electron chi connectivity index (χ0n) is 19.9. The zero-order chi connectivity index (χ0) is 25.8. The molecule has 1 aliphatic heterocycles. The van der Waals surface area contributed by atoms with E-state index in [0.717, 1.165) is 25.8 Å². The van der Waals surface area contributed by atoms with Crippen molar-refractivity contribution < 1.29 is 14.3 Å². The normalized spacial score (nSPS) is 15.8. The molecular formula is C27H25ClIN5O3. The van der Waals surface area contributed by atoms with Crippen molar-refractivity contribution in [3.8, 4) is 11.5 Å². The Hall–Kier alpha value is -3.18. The molecule has 5 rings (SSSR count). The lowest BCUT2D eigenvalue weighted by Gasteiger charge is -2.25. The number of fused-ring (bicyclic) bond motifs is 1. The highest BCUT2D eigenvalue weighted by Crippen LogP contribution is 2.31. The molecule has 1 aliphatic rings. The molecule has 1 unspecified atom stereocenters. The SMILES string of the molecule is O=C(c1ccc(Oc2ccccc2)cc1Cl)c1c[nH]c2ncnc(NC3CCCCN(C(=O)CI)C3)c12. The minimum atomic E-state index is -0.247. The number of nitrogens with zero attached hydrogens (tertiary/aromatic N) is 3. The Morgan fingerprint density at radius 3 is 2.73 bits per heavy atom. The molecule has 0 aliphatic carbocycles. The van der Waals surface area contributed by atoms with Crippen molar-refractivity contribution in [1.82, 2.24) is 19.9 Å². The molecule has 1 atom stereocenters. The van der Waals surface area contributed by atoms with Crippen LogP contribution in [0.2, 0.25) is 5.02 Å². The van der Waals surface area contributed by atoms with Crippen LogP contribution in [0.3, 0.4) is 0 Å². The van der Waals surface area contributed by atoms with Gasteiger partial charge in [0, 0.05) is 37.0 Å². The smallest absolute Gasteiger partial charge is 0.232 e. The Morgan fingerprint density at radius 2 is 1.95 bits per heavy atom. The molecule has 10 heteroatoms. The average Bonchev–Trinajstić information content (AvgIpc) is 3.22. The first-order valence-corrected chi connectivity index (χ1v) is 13.9. The van der Waals surface area contributed by atoms with Gasteiger partial charge in [0.25, 0.3) is 0 Å². The van der Waals surface area contributed by atoms with Gasteiger partial charge in [-0.2, -0.15) is 0 Å². The number of carbonyl (C=O) groups excluding carboxylic acids is 2. The summed E-state index contributed by atoms with van der Waals surface area (Å²) in [6, 6.07) is 14.4. The fourth-order valence-electron chi connectivity index (χ4n) is 4.53. The largest absolute Gasteiger partial charge is 0.457 e. The lowest BCUT2D eigenvalue weighted by Crippen LogP contribution is -2.39. The number of rotatable bonds is 7. The van der Waals surface area contributed by atoms with E-state index < -0.39 is 0 Å². The van der Waals surface area contributed by atoms with Gasteiger partial charge in [0.05, 0.1) is 20.4 Å². The number of hydrogen-bond donors (Lipinski definition) is 2. The molecule has 1 saturated heterocycles. The summed E-state index contributed by atoms with van der Waals surface area (Å²) in [6.07, 6.45) is 5.97. The third-order valence-electron chi connectivity index (χ3n) is 6.36. The van der Waals surface area contributed by atoms with Gasteiger partial charge < -0.3 is 19.9 Å². The molecule has 1 amide bonds. The standard InChI is InChI=1S/C27H25ClIN5O3/c28-22-12-19(37-18-7-2-1-3-8-18)9-10-20(22)25(36)21-14-30-26-24(21)27(32-16-31-26)33-17-6-4-5-11-34(15-17)23(35)13-29/h1-3,7-10,12,14,16-17H,4-6,11,13,15H2,(H2,30,31,32,33). The molecule has 8 nitrogen and oxygen atoms in total. The van der Waals surface area contributed by atoms with Gasteiger partial charge in [0.1, 0.15) is 29.3 Å². The van der Waals surface area contributed by atoms with Gasteiger partial charge in [0.15, 0.2) is 5.78 Å². The van der Waals surface area contributed by atoms with Gasteiger partial charge in [-0.25, -0.2) is 9.97 Å². The summed E-state index contributed by atoms with van der Waals surface area (Å²) in [7, 11) is 0. The number of ether oxygens (including phenoxy) is 1. The highest BCUT2D eigenvalue weighted by molar-refractivity contribution is 14.1. The van der Waals surface area contributed by atoms with Crippen LogP contribution in [-0.4, -0.2) is 55.1 Å². The van der Waals surface area contributed by atoms with Gasteiger partial charge in [-0.1, -0.05) is 52.4 Å². The molecule has 2 N–H and O–H groups in total. The van der Waals surface area contributed by atoms with E-state index in [0.29, 0.717) is 50.4 Å². The van der Waals surface area contributed by atoms with Crippen molar-refractivity contribution >= 4 is 62.7 Å². The summed E-state index contributed by atoms with van der Waals surface area (Å²) in [5.41, 5.74) is 1.33. The molecule has 0 saturated carbocycles. The molecule has 0 bridgehead atoms. The lowest BCUT2D eigenvalue weighted by atomic mass is 10.0. The molecule has 0 spiro atoms. The Labute approximate surface area is 232 Å². The molecule has 4 aromatic rings. The highest BCUT2D eigenvalue weighted by atomic mass is 127. The second-order valence-electron chi connectivity index (χ2n) is 8.84. The quantitative estimate of drug-likeness (QED) is 0.151. The number of hydrogen-bond acceptors (Lipinski definition) is 6. The summed E-state index contributed by atoms with van der Waals surface area (Å²) in [6.45, 7) is 1.35. The Bertz CT molecular complexity index is 1430. The first-order chi connectivity index (χ1) is 18.0. The van der Waals surface area contributed by atoms with Crippen LogP contribution in [0.5, 0.6) is 11.5 Å². The number of aromatic nitrogens is 3. The number of para-hydroxylation sites is 1. The minimum absolute atomic E-state index is 0.0170. The summed E-state index contributed by atoms with van der Waals surface area (Å²) in [5.74, 6) is 1.66. The van der Waals surface area contributed by atoms with E-state index in [4.69, 9.17) is 16.3 Å². The van der Waals surface area contributed by atoms with E-state index >= 15 is 0 Å². The van der Waals surface area contributed by atoms with Crippen LogP contribution in [0.15, 0.2) is 61.1 Å². The Balaban J connectivity index is 1.41. The summed E-state index contributed by atoms with van der Waals surface area (Å²) in [4.78, 5) is 39.7. The van der Waals surface area contributed by atoms with E-state index in [1.165, 1.54) is 6.33 Å². The molecule has 3 heterocycles. The van der Waals surface area contributed by atoms with Crippen molar-refractivity contribution in [2.24, 2.45) is 0 Å². The maximum atomic E-state index is 13.6. The van der Waals surface area contributed by atoms with Crippen molar-refractivity contribution in [1.29, 1.82) is 0 Å². The molecular weight excluding hydrogens is 605 g/mol. The predicted molar refractivity (Wildman–Crippen MR) is 152 cm³/mol.